The van der Waals surface area contributed by atoms with Gasteiger partial charge in [-0.25, -0.2) is 9.18 Å². The minimum absolute atomic E-state index is 0.00613. The molecular weight excluding hydrogens is 395 g/mol. The number of nitrogens with zero attached hydrogens (tertiary/aromatic N) is 2. The summed E-state index contributed by atoms with van der Waals surface area (Å²) >= 11 is 0. The molecule has 160 valence electrons. The van der Waals surface area contributed by atoms with Crippen molar-refractivity contribution in [1.29, 1.82) is 5.26 Å². The van der Waals surface area contributed by atoms with Gasteiger partial charge in [-0.1, -0.05) is 36.4 Å². The van der Waals surface area contributed by atoms with E-state index in [1.165, 1.54) is 18.2 Å². The maximum atomic E-state index is 13.4. The third-order valence-electron chi connectivity index (χ3n) is 6.40. The van der Waals surface area contributed by atoms with Crippen LogP contribution in [0.2, 0.25) is 0 Å². The Hall–Kier alpha value is -3.20. The zero-order chi connectivity index (χ0) is 21.8. The molecule has 2 heterocycles. The Balaban J connectivity index is 1.40. The van der Waals surface area contributed by atoms with E-state index in [0.29, 0.717) is 18.4 Å². The second-order valence-corrected chi connectivity index (χ2v) is 8.41. The van der Waals surface area contributed by atoms with Gasteiger partial charge in [0, 0.05) is 24.4 Å². The summed E-state index contributed by atoms with van der Waals surface area (Å²) in [5, 5.41) is 9.24. The molecule has 2 unspecified atom stereocenters. The molecule has 5 nitrogen and oxygen atoms in total. The molecule has 0 radical (unpaired) electrons. The number of rotatable bonds is 5. The normalized spacial score (nSPS) is 22.5. The summed E-state index contributed by atoms with van der Waals surface area (Å²) in [5.74, 6) is -0.591. The third kappa shape index (κ3) is 4.77. The number of piperidine rings is 2. The zero-order valence-corrected chi connectivity index (χ0v) is 17.3. The van der Waals surface area contributed by atoms with Crippen LogP contribution in [0.25, 0.3) is 0 Å². The number of hydrogen-bond donors (Lipinski definition) is 0. The number of carbonyl (C=O) groups is 2. The number of ether oxygens (including phenoxy) is 1. The van der Waals surface area contributed by atoms with Gasteiger partial charge in [0.25, 0.3) is 0 Å². The van der Waals surface area contributed by atoms with E-state index >= 15 is 0 Å². The maximum absolute atomic E-state index is 13.4. The largest absolute Gasteiger partial charge is 0.445 e. The molecule has 0 N–H and O–H groups in total. The Morgan fingerprint density at radius 1 is 1.10 bits per heavy atom. The molecular formula is C25H25FN2O3. The number of fused-ring (bicyclic) bond motifs is 2. The highest BCUT2D eigenvalue weighted by Gasteiger charge is 2.43. The lowest BCUT2D eigenvalue weighted by Gasteiger charge is -2.47. The van der Waals surface area contributed by atoms with Crippen LogP contribution in [0.5, 0.6) is 0 Å². The molecule has 0 aliphatic carbocycles. The lowest BCUT2D eigenvalue weighted by Crippen LogP contribution is -2.55. The van der Waals surface area contributed by atoms with Crippen LogP contribution in [0.3, 0.4) is 0 Å². The minimum atomic E-state index is -0.482. The maximum Gasteiger partial charge on any atom is 0.410 e. The first-order valence-corrected chi connectivity index (χ1v) is 10.8. The van der Waals surface area contributed by atoms with Crippen LogP contribution >= 0.6 is 0 Å². The molecule has 2 aromatic carbocycles. The highest BCUT2D eigenvalue weighted by molar-refractivity contribution is 5.84. The van der Waals surface area contributed by atoms with E-state index in [0.717, 1.165) is 24.8 Å². The second kappa shape index (κ2) is 9.30. The lowest BCUT2D eigenvalue weighted by molar-refractivity contribution is -0.126. The van der Waals surface area contributed by atoms with Crippen molar-refractivity contribution in [2.75, 3.05) is 0 Å². The number of ketones is 1. The first-order valence-electron chi connectivity index (χ1n) is 10.8. The van der Waals surface area contributed by atoms with Gasteiger partial charge >= 0.3 is 6.09 Å². The van der Waals surface area contributed by atoms with Crippen molar-refractivity contribution >= 4 is 11.9 Å². The van der Waals surface area contributed by atoms with E-state index < -0.39 is 5.82 Å². The first kappa shape index (κ1) is 21.0. The summed E-state index contributed by atoms with van der Waals surface area (Å²) in [5.41, 5.74) is 1.71. The highest BCUT2D eigenvalue weighted by atomic mass is 19.1. The molecule has 4 rings (SSSR count). The van der Waals surface area contributed by atoms with Crippen molar-refractivity contribution in [2.45, 2.75) is 57.2 Å². The fourth-order valence-corrected chi connectivity index (χ4v) is 4.88. The van der Waals surface area contributed by atoms with Crippen molar-refractivity contribution in [2.24, 2.45) is 5.92 Å². The second-order valence-electron chi connectivity index (χ2n) is 8.41. The van der Waals surface area contributed by atoms with Gasteiger partial charge in [-0.05, 0) is 55.4 Å². The molecule has 2 aromatic rings. The molecule has 0 spiro atoms. The van der Waals surface area contributed by atoms with E-state index in [1.54, 1.807) is 0 Å². The van der Waals surface area contributed by atoms with Crippen molar-refractivity contribution in [3.8, 4) is 6.07 Å². The molecule has 6 heteroatoms. The van der Waals surface area contributed by atoms with E-state index in [4.69, 9.17) is 4.74 Å². The van der Waals surface area contributed by atoms with Crippen molar-refractivity contribution in [3.05, 3.63) is 71.0 Å². The number of benzene rings is 2. The quantitative estimate of drug-likeness (QED) is 0.698. The molecule has 31 heavy (non-hydrogen) atoms. The number of hydrogen-bond acceptors (Lipinski definition) is 4. The van der Waals surface area contributed by atoms with Crippen LogP contribution in [0.15, 0.2) is 48.5 Å². The van der Waals surface area contributed by atoms with Crippen LogP contribution in [-0.4, -0.2) is 28.9 Å². The monoisotopic (exact) mass is 420 g/mol. The van der Waals surface area contributed by atoms with Crippen LogP contribution in [0.4, 0.5) is 9.18 Å². The minimum Gasteiger partial charge on any atom is -0.445 e. The average Bonchev–Trinajstić information content (AvgIpc) is 2.78. The number of carbonyl (C=O) groups excluding carboxylic acids is 2. The lowest BCUT2D eigenvalue weighted by atomic mass is 9.76. The number of nitriles is 1. The Morgan fingerprint density at radius 2 is 1.81 bits per heavy atom. The van der Waals surface area contributed by atoms with Crippen molar-refractivity contribution in [1.82, 2.24) is 4.90 Å². The van der Waals surface area contributed by atoms with E-state index in [1.807, 2.05) is 41.3 Å². The summed E-state index contributed by atoms with van der Waals surface area (Å²) in [6.07, 6.45) is 3.79. The summed E-state index contributed by atoms with van der Waals surface area (Å²) in [4.78, 5) is 27.7. The standard InChI is InChI=1S/C25H25FN2O3/c26-21-10-9-18(20(11-21)15-27)14-24(29)19-12-22-7-4-8-23(13-19)28(22)25(30)31-16-17-5-2-1-3-6-17/h1-3,5-6,9-11,19,22-23H,4,7-8,12-14,16H2. The molecule has 2 saturated heterocycles. The molecule has 2 fully saturated rings. The van der Waals surface area contributed by atoms with Gasteiger partial charge in [0.15, 0.2) is 0 Å². The summed E-state index contributed by atoms with van der Waals surface area (Å²) in [6.45, 7) is 0.236. The fourth-order valence-electron chi connectivity index (χ4n) is 4.88. The summed E-state index contributed by atoms with van der Waals surface area (Å²) in [6, 6.07) is 15.5. The van der Waals surface area contributed by atoms with Gasteiger partial charge in [-0.15, -0.1) is 0 Å². The first-order chi connectivity index (χ1) is 15.0. The summed E-state index contributed by atoms with van der Waals surface area (Å²) < 4.78 is 19.0. The molecule has 2 aliphatic heterocycles. The van der Waals surface area contributed by atoms with E-state index in [-0.39, 0.29) is 48.5 Å². The van der Waals surface area contributed by atoms with E-state index in [9.17, 15) is 19.2 Å². The van der Waals surface area contributed by atoms with Gasteiger partial charge in [-0.2, -0.15) is 5.26 Å². The topological polar surface area (TPSA) is 70.4 Å². The Bertz CT molecular complexity index is 988. The Morgan fingerprint density at radius 3 is 2.48 bits per heavy atom. The smallest absolute Gasteiger partial charge is 0.410 e. The Kier molecular flexibility index (Phi) is 6.31. The van der Waals surface area contributed by atoms with Crippen LogP contribution < -0.4 is 0 Å². The van der Waals surface area contributed by atoms with Crippen LogP contribution in [-0.2, 0) is 22.6 Å². The van der Waals surface area contributed by atoms with Gasteiger partial charge in [0.2, 0.25) is 0 Å². The van der Waals surface area contributed by atoms with E-state index in [2.05, 4.69) is 0 Å². The average molecular weight is 420 g/mol. The van der Waals surface area contributed by atoms with Gasteiger partial charge < -0.3 is 9.64 Å². The predicted molar refractivity (Wildman–Crippen MR) is 112 cm³/mol. The van der Waals surface area contributed by atoms with Gasteiger partial charge in [0.05, 0.1) is 11.6 Å². The fraction of sp³-hybridized carbons (Fsp3) is 0.400. The van der Waals surface area contributed by atoms with Crippen LogP contribution in [0, 0.1) is 23.1 Å². The van der Waals surface area contributed by atoms with Gasteiger partial charge in [-0.3, -0.25) is 4.79 Å². The molecule has 1 amide bonds. The third-order valence-corrected chi connectivity index (χ3v) is 6.40. The predicted octanol–water partition coefficient (Wildman–Crippen LogP) is 4.78. The molecule has 2 bridgehead atoms. The molecule has 0 aromatic heterocycles. The Labute approximate surface area is 181 Å². The zero-order valence-electron chi connectivity index (χ0n) is 17.3. The number of halogens is 1. The van der Waals surface area contributed by atoms with Crippen LogP contribution in [0.1, 0.15) is 48.8 Å². The van der Waals surface area contributed by atoms with Crippen molar-refractivity contribution in [3.63, 3.8) is 0 Å². The SMILES string of the molecule is N#Cc1cc(F)ccc1CC(=O)C1CC2CCCC(C1)N2C(=O)OCc1ccccc1. The molecule has 0 saturated carbocycles. The number of Topliss-reactive ketones (excluding diaryl/α,β-unsaturated/α-hetero) is 1. The number of amides is 1. The highest BCUT2D eigenvalue weighted by Crippen LogP contribution is 2.38. The molecule has 2 aliphatic rings. The van der Waals surface area contributed by atoms with Gasteiger partial charge in [0.1, 0.15) is 18.2 Å². The summed E-state index contributed by atoms with van der Waals surface area (Å²) in [7, 11) is 0. The molecule has 2 atom stereocenters. The van der Waals surface area contributed by atoms with Crippen molar-refractivity contribution < 1.29 is 18.7 Å².